The normalized spacial score (nSPS) is 23.0. The molecule has 0 aliphatic carbocycles. The summed E-state index contributed by atoms with van der Waals surface area (Å²) in [6.45, 7) is 10.7. The van der Waals surface area contributed by atoms with Crippen LogP contribution < -0.4 is 0 Å². The average Bonchev–Trinajstić information content (AvgIpc) is 2.94. The zero-order valence-corrected chi connectivity index (χ0v) is 20.0. The second-order valence-corrected chi connectivity index (χ2v) is 11.8. The van der Waals surface area contributed by atoms with Crippen molar-refractivity contribution in [1.29, 1.82) is 0 Å². The zero-order valence-electron chi connectivity index (χ0n) is 17.6. The number of halogens is 1. The third-order valence-electron chi connectivity index (χ3n) is 5.94. The van der Waals surface area contributed by atoms with E-state index < -0.39 is 10.0 Å². The minimum absolute atomic E-state index is 0.0967. The number of carbonyl (C=O) groups is 1. The van der Waals surface area contributed by atoms with Crippen LogP contribution in [0.15, 0.2) is 33.6 Å². The smallest absolute Gasteiger partial charge is 0.243 e. The number of nitrogens with zero attached hydrogens (tertiary/aromatic N) is 3. The van der Waals surface area contributed by atoms with Crippen LogP contribution >= 0.6 is 15.9 Å². The number of hydrogen-bond acceptors (Lipinski definition) is 4. The van der Waals surface area contributed by atoms with E-state index in [1.165, 1.54) is 4.31 Å². The van der Waals surface area contributed by atoms with Crippen molar-refractivity contribution >= 4 is 31.9 Å². The molecule has 1 amide bonds. The van der Waals surface area contributed by atoms with Gasteiger partial charge in [-0.3, -0.25) is 9.69 Å². The average molecular weight is 486 g/mol. The standard InChI is InChI=1S/C21H32BrN3O3S/c1-21(2,3)24-12-5-11-23(14-15-24)20(26)17-6-4-13-25(16-17)29(27,28)19-9-7-18(22)8-10-19/h7-10,17H,4-6,11-16H2,1-3H3. The van der Waals surface area contributed by atoms with Crippen molar-refractivity contribution in [3.8, 4) is 0 Å². The number of hydrogen-bond donors (Lipinski definition) is 0. The fourth-order valence-electron chi connectivity index (χ4n) is 4.18. The highest BCUT2D eigenvalue weighted by molar-refractivity contribution is 9.10. The molecular formula is C21H32BrN3O3S. The Kier molecular flexibility index (Phi) is 7.08. The van der Waals surface area contributed by atoms with Gasteiger partial charge < -0.3 is 4.90 Å². The molecule has 0 aromatic heterocycles. The first kappa shape index (κ1) is 22.7. The number of rotatable bonds is 3. The van der Waals surface area contributed by atoms with Gasteiger partial charge in [-0.05, 0) is 64.3 Å². The Labute approximate surface area is 183 Å². The highest BCUT2D eigenvalue weighted by Gasteiger charge is 2.36. The van der Waals surface area contributed by atoms with Gasteiger partial charge in [0, 0.05) is 49.3 Å². The molecular weight excluding hydrogens is 454 g/mol. The molecule has 6 nitrogen and oxygen atoms in total. The Morgan fingerprint density at radius 2 is 1.69 bits per heavy atom. The van der Waals surface area contributed by atoms with Crippen molar-refractivity contribution < 1.29 is 13.2 Å². The number of carbonyl (C=O) groups excluding carboxylic acids is 1. The Bertz CT molecular complexity index is 821. The summed E-state index contributed by atoms with van der Waals surface area (Å²) in [5.74, 6) is -0.147. The van der Waals surface area contributed by atoms with E-state index in [-0.39, 0.29) is 28.8 Å². The minimum Gasteiger partial charge on any atom is -0.341 e. The highest BCUT2D eigenvalue weighted by atomic mass is 79.9. The molecule has 0 radical (unpaired) electrons. The van der Waals surface area contributed by atoms with Crippen LogP contribution in [0.3, 0.4) is 0 Å². The van der Waals surface area contributed by atoms with Gasteiger partial charge in [0.05, 0.1) is 10.8 Å². The summed E-state index contributed by atoms with van der Waals surface area (Å²) < 4.78 is 28.4. The predicted molar refractivity (Wildman–Crippen MR) is 118 cm³/mol. The fourth-order valence-corrected chi connectivity index (χ4v) is 5.97. The summed E-state index contributed by atoms with van der Waals surface area (Å²) in [6.07, 6.45) is 2.43. The molecule has 3 rings (SSSR count). The monoisotopic (exact) mass is 485 g/mol. The summed E-state index contributed by atoms with van der Waals surface area (Å²) in [5, 5.41) is 0. The van der Waals surface area contributed by atoms with Gasteiger partial charge in [0.1, 0.15) is 0 Å². The van der Waals surface area contributed by atoms with E-state index >= 15 is 0 Å². The second-order valence-electron chi connectivity index (χ2n) is 8.99. The first-order valence-corrected chi connectivity index (χ1v) is 12.6. The van der Waals surface area contributed by atoms with Crippen molar-refractivity contribution in [2.75, 3.05) is 39.3 Å². The number of piperidine rings is 1. The van der Waals surface area contributed by atoms with Crippen LogP contribution in [-0.4, -0.2) is 73.2 Å². The highest BCUT2D eigenvalue weighted by Crippen LogP contribution is 2.26. The first-order valence-electron chi connectivity index (χ1n) is 10.4. The Balaban J connectivity index is 1.67. The minimum atomic E-state index is -3.58. The lowest BCUT2D eigenvalue weighted by Crippen LogP contribution is -2.48. The molecule has 0 N–H and O–H groups in total. The molecule has 2 aliphatic heterocycles. The molecule has 1 unspecified atom stereocenters. The number of sulfonamides is 1. The molecule has 8 heteroatoms. The molecule has 29 heavy (non-hydrogen) atoms. The van der Waals surface area contributed by atoms with Crippen molar-refractivity contribution in [2.45, 2.75) is 50.5 Å². The molecule has 0 saturated carbocycles. The van der Waals surface area contributed by atoms with Gasteiger partial charge >= 0.3 is 0 Å². The SMILES string of the molecule is CC(C)(C)N1CCCN(C(=O)C2CCCN(S(=O)(=O)c3ccc(Br)cc3)C2)CC1. The molecule has 2 saturated heterocycles. The zero-order chi connectivity index (χ0) is 21.2. The van der Waals surface area contributed by atoms with Gasteiger partial charge in [-0.1, -0.05) is 15.9 Å². The van der Waals surface area contributed by atoms with Crippen LogP contribution in [0.5, 0.6) is 0 Å². The predicted octanol–water partition coefficient (Wildman–Crippen LogP) is 3.18. The van der Waals surface area contributed by atoms with Gasteiger partial charge in [0.2, 0.25) is 15.9 Å². The quantitative estimate of drug-likeness (QED) is 0.659. The van der Waals surface area contributed by atoms with Gasteiger partial charge in [-0.2, -0.15) is 4.31 Å². The largest absolute Gasteiger partial charge is 0.341 e. The third kappa shape index (κ3) is 5.40. The fraction of sp³-hybridized carbons (Fsp3) is 0.667. The van der Waals surface area contributed by atoms with Crippen LogP contribution in [0.1, 0.15) is 40.0 Å². The summed E-state index contributed by atoms with van der Waals surface area (Å²) in [7, 11) is -3.58. The van der Waals surface area contributed by atoms with Gasteiger partial charge in [0.25, 0.3) is 0 Å². The van der Waals surface area contributed by atoms with Crippen molar-refractivity contribution in [3.05, 3.63) is 28.7 Å². The maximum atomic E-state index is 13.2. The van der Waals surface area contributed by atoms with E-state index in [9.17, 15) is 13.2 Å². The van der Waals surface area contributed by atoms with E-state index in [0.29, 0.717) is 19.5 Å². The number of benzene rings is 1. The molecule has 1 aromatic rings. The van der Waals surface area contributed by atoms with Crippen LogP contribution in [0.2, 0.25) is 0 Å². The molecule has 0 bridgehead atoms. The van der Waals surface area contributed by atoms with Crippen LogP contribution in [0.25, 0.3) is 0 Å². The van der Waals surface area contributed by atoms with Gasteiger partial charge in [-0.25, -0.2) is 8.42 Å². The van der Waals surface area contributed by atoms with E-state index in [1.807, 2.05) is 4.90 Å². The maximum Gasteiger partial charge on any atom is 0.243 e. The van der Waals surface area contributed by atoms with Gasteiger partial charge in [0.15, 0.2) is 0 Å². The lowest BCUT2D eigenvalue weighted by molar-refractivity contribution is -0.136. The van der Waals surface area contributed by atoms with E-state index in [4.69, 9.17) is 0 Å². The number of amides is 1. The molecule has 0 spiro atoms. The molecule has 2 heterocycles. The Morgan fingerprint density at radius 1 is 1.00 bits per heavy atom. The molecule has 1 atom stereocenters. The molecule has 162 valence electrons. The first-order chi connectivity index (χ1) is 13.6. The third-order valence-corrected chi connectivity index (χ3v) is 8.35. The molecule has 2 fully saturated rings. The van der Waals surface area contributed by atoms with Crippen molar-refractivity contribution in [2.24, 2.45) is 5.92 Å². The summed E-state index contributed by atoms with van der Waals surface area (Å²) in [6, 6.07) is 6.69. The van der Waals surface area contributed by atoms with E-state index in [0.717, 1.165) is 36.9 Å². The van der Waals surface area contributed by atoms with E-state index in [2.05, 4.69) is 41.6 Å². The van der Waals surface area contributed by atoms with Gasteiger partial charge in [-0.15, -0.1) is 0 Å². The van der Waals surface area contributed by atoms with Crippen LogP contribution in [-0.2, 0) is 14.8 Å². The topological polar surface area (TPSA) is 60.9 Å². The summed E-state index contributed by atoms with van der Waals surface area (Å²) in [4.78, 5) is 17.9. The van der Waals surface area contributed by atoms with E-state index in [1.54, 1.807) is 24.3 Å². The summed E-state index contributed by atoms with van der Waals surface area (Å²) >= 11 is 3.34. The second kappa shape index (κ2) is 9.04. The molecule has 2 aliphatic rings. The maximum absolute atomic E-state index is 13.2. The Morgan fingerprint density at radius 3 is 2.34 bits per heavy atom. The van der Waals surface area contributed by atoms with Crippen LogP contribution in [0.4, 0.5) is 0 Å². The lowest BCUT2D eigenvalue weighted by Gasteiger charge is -2.35. The lowest BCUT2D eigenvalue weighted by atomic mass is 9.98. The Hall–Kier alpha value is -0.960. The van der Waals surface area contributed by atoms with Crippen molar-refractivity contribution in [3.63, 3.8) is 0 Å². The molecule has 1 aromatic carbocycles. The van der Waals surface area contributed by atoms with Crippen LogP contribution in [0, 0.1) is 5.92 Å². The summed E-state index contributed by atoms with van der Waals surface area (Å²) in [5.41, 5.74) is 0.0967. The van der Waals surface area contributed by atoms with Crippen molar-refractivity contribution in [1.82, 2.24) is 14.1 Å².